The number of nitro groups is 1. The molecule has 6 nitrogen and oxygen atoms in total. The van der Waals surface area contributed by atoms with E-state index in [-0.39, 0.29) is 24.6 Å². The predicted molar refractivity (Wildman–Crippen MR) is 83.3 cm³/mol. The van der Waals surface area contributed by atoms with Crippen molar-refractivity contribution in [2.45, 2.75) is 6.42 Å². The minimum atomic E-state index is -0.494. The van der Waals surface area contributed by atoms with Gasteiger partial charge in [-0.2, -0.15) is 0 Å². The lowest BCUT2D eigenvalue weighted by atomic mass is 10.3. The van der Waals surface area contributed by atoms with Crippen LogP contribution in [0.2, 0.25) is 5.02 Å². The van der Waals surface area contributed by atoms with Crippen LogP contribution in [0.15, 0.2) is 48.5 Å². The topological polar surface area (TPSA) is 81.5 Å². The molecule has 0 aliphatic rings. The van der Waals surface area contributed by atoms with Gasteiger partial charge in [-0.1, -0.05) is 11.6 Å². The predicted octanol–water partition coefficient (Wildman–Crippen LogP) is 3.66. The molecule has 114 valence electrons. The molecular formula is C15H13ClN2O4. The monoisotopic (exact) mass is 320 g/mol. The number of amides is 1. The van der Waals surface area contributed by atoms with Gasteiger partial charge in [0.15, 0.2) is 0 Å². The second kappa shape index (κ2) is 7.42. The van der Waals surface area contributed by atoms with E-state index in [1.807, 2.05) is 0 Å². The molecule has 0 radical (unpaired) electrons. The van der Waals surface area contributed by atoms with Crippen molar-refractivity contribution in [3.8, 4) is 5.75 Å². The van der Waals surface area contributed by atoms with Crippen molar-refractivity contribution in [1.29, 1.82) is 0 Å². The molecule has 0 unspecified atom stereocenters. The zero-order valence-electron chi connectivity index (χ0n) is 11.5. The van der Waals surface area contributed by atoms with Crippen LogP contribution in [-0.4, -0.2) is 17.4 Å². The summed E-state index contributed by atoms with van der Waals surface area (Å²) in [6, 6.07) is 12.5. The van der Waals surface area contributed by atoms with Crippen LogP contribution in [0.3, 0.4) is 0 Å². The van der Waals surface area contributed by atoms with Gasteiger partial charge < -0.3 is 10.1 Å². The molecule has 2 rings (SSSR count). The molecule has 0 aliphatic carbocycles. The van der Waals surface area contributed by atoms with Crippen LogP contribution in [0.1, 0.15) is 6.42 Å². The molecule has 0 aromatic heterocycles. The standard InChI is InChI=1S/C15H13ClN2O4/c16-11-1-7-14(8-2-11)22-10-9-15(19)17-12-3-5-13(6-4-12)18(20)21/h1-8H,9-10H2,(H,17,19). The first-order chi connectivity index (χ1) is 10.5. The normalized spacial score (nSPS) is 10.0. The van der Waals surface area contributed by atoms with Crippen LogP contribution >= 0.6 is 11.6 Å². The van der Waals surface area contributed by atoms with Gasteiger partial charge in [-0.05, 0) is 36.4 Å². The molecule has 22 heavy (non-hydrogen) atoms. The Labute approximate surface area is 131 Å². The number of hydrogen-bond acceptors (Lipinski definition) is 4. The molecule has 2 aromatic rings. The number of nitrogens with one attached hydrogen (secondary N) is 1. The molecule has 0 saturated carbocycles. The lowest BCUT2D eigenvalue weighted by Crippen LogP contribution is -2.15. The van der Waals surface area contributed by atoms with Crippen LogP contribution in [-0.2, 0) is 4.79 Å². The Bertz CT molecular complexity index is 656. The van der Waals surface area contributed by atoms with Crippen LogP contribution in [0.4, 0.5) is 11.4 Å². The fraction of sp³-hybridized carbons (Fsp3) is 0.133. The van der Waals surface area contributed by atoms with Gasteiger partial charge in [0.1, 0.15) is 5.75 Å². The van der Waals surface area contributed by atoms with Crippen molar-refractivity contribution in [2.24, 2.45) is 0 Å². The number of ether oxygens (including phenoxy) is 1. The van der Waals surface area contributed by atoms with Gasteiger partial charge in [-0.3, -0.25) is 14.9 Å². The van der Waals surface area contributed by atoms with Crippen molar-refractivity contribution < 1.29 is 14.5 Å². The summed E-state index contributed by atoms with van der Waals surface area (Å²) in [5.41, 5.74) is 0.478. The van der Waals surface area contributed by atoms with Gasteiger partial charge in [0.2, 0.25) is 5.91 Å². The Balaban J connectivity index is 1.77. The highest BCUT2D eigenvalue weighted by molar-refractivity contribution is 6.30. The summed E-state index contributed by atoms with van der Waals surface area (Å²) < 4.78 is 5.41. The summed E-state index contributed by atoms with van der Waals surface area (Å²) in [5, 5.41) is 13.8. The number of anilines is 1. The van der Waals surface area contributed by atoms with E-state index in [1.165, 1.54) is 24.3 Å². The number of carbonyl (C=O) groups is 1. The minimum absolute atomic E-state index is 0.0240. The van der Waals surface area contributed by atoms with Gasteiger partial charge in [0.25, 0.3) is 5.69 Å². The van der Waals surface area contributed by atoms with Crippen molar-refractivity contribution in [2.75, 3.05) is 11.9 Å². The Morgan fingerprint density at radius 3 is 2.36 bits per heavy atom. The lowest BCUT2D eigenvalue weighted by Gasteiger charge is -2.07. The molecule has 0 atom stereocenters. The minimum Gasteiger partial charge on any atom is -0.493 e. The summed E-state index contributed by atoms with van der Waals surface area (Å²) in [5.74, 6) is 0.398. The van der Waals surface area contributed by atoms with Crippen molar-refractivity contribution in [3.63, 3.8) is 0 Å². The maximum atomic E-state index is 11.7. The van der Waals surface area contributed by atoms with Crippen LogP contribution in [0, 0.1) is 10.1 Å². The summed E-state index contributed by atoms with van der Waals surface area (Å²) in [7, 11) is 0. The van der Waals surface area contributed by atoms with Gasteiger partial charge in [0.05, 0.1) is 18.0 Å². The zero-order valence-corrected chi connectivity index (χ0v) is 12.2. The van der Waals surface area contributed by atoms with E-state index < -0.39 is 4.92 Å². The summed E-state index contributed by atoms with van der Waals surface area (Å²) >= 11 is 5.76. The number of carbonyl (C=O) groups excluding carboxylic acids is 1. The van der Waals surface area contributed by atoms with Gasteiger partial charge in [-0.25, -0.2) is 0 Å². The van der Waals surface area contributed by atoms with Crippen molar-refractivity contribution in [3.05, 3.63) is 63.7 Å². The second-order valence-corrected chi connectivity index (χ2v) is 4.84. The highest BCUT2D eigenvalue weighted by atomic mass is 35.5. The van der Waals surface area contributed by atoms with E-state index in [9.17, 15) is 14.9 Å². The molecule has 0 spiro atoms. The quantitative estimate of drug-likeness (QED) is 0.650. The summed E-state index contributed by atoms with van der Waals surface area (Å²) in [6.07, 6.45) is 0.166. The van der Waals surface area contributed by atoms with E-state index in [2.05, 4.69) is 5.32 Å². The number of rotatable bonds is 6. The Hall–Kier alpha value is -2.60. The second-order valence-electron chi connectivity index (χ2n) is 4.40. The maximum Gasteiger partial charge on any atom is 0.269 e. The van der Waals surface area contributed by atoms with Crippen molar-refractivity contribution >= 4 is 28.9 Å². The van der Waals surface area contributed by atoms with E-state index in [1.54, 1.807) is 24.3 Å². The third-order valence-electron chi connectivity index (χ3n) is 2.77. The molecule has 1 amide bonds. The van der Waals surface area contributed by atoms with E-state index in [0.717, 1.165) is 0 Å². The molecule has 0 bridgehead atoms. The highest BCUT2D eigenvalue weighted by Gasteiger charge is 2.06. The average Bonchev–Trinajstić information content (AvgIpc) is 2.50. The SMILES string of the molecule is O=C(CCOc1ccc(Cl)cc1)Nc1ccc([N+](=O)[O-])cc1. The molecule has 2 aromatic carbocycles. The molecule has 1 N–H and O–H groups in total. The first kappa shape index (κ1) is 15.8. The molecule has 0 heterocycles. The Kier molecular flexibility index (Phi) is 5.32. The molecule has 7 heteroatoms. The largest absolute Gasteiger partial charge is 0.493 e. The number of nitrogens with zero attached hydrogens (tertiary/aromatic N) is 1. The zero-order chi connectivity index (χ0) is 15.9. The lowest BCUT2D eigenvalue weighted by molar-refractivity contribution is -0.384. The van der Waals surface area contributed by atoms with E-state index in [4.69, 9.17) is 16.3 Å². The van der Waals surface area contributed by atoms with Gasteiger partial charge in [-0.15, -0.1) is 0 Å². The van der Waals surface area contributed by atoms with Crippen LogP contribution < -0.4 is 10.1 Å². The van der Waals surface area contributed by atoms with E-state index in [0.29, 0.717) is 16.5 Å². The van der Waals surface area contributed by atoms with Crippen molar-refractivity contribution in [1.82, 2.24) is 0 Å². The third kappa shape index (κ3) is 4.75. The number of non-ortho nitro benzene ring substituents is 1. The number of benzene rings is 2. The number of nitro benzene ring substituents is 1. The number of hydrogen-bond donors (Lipinski definition) is 1. The first-order valence-corrected chi connectivity index (χ1v) is 6.85. The molecule has 0 saturated heterocycles. The third-order valence-corrected chi connectivity index (χ3v) is 3.03. The summed E-state index contributed by atoms with van der Waals surface area (Å²) in [6.45, 7) is 0.223. The fourth-order valence-corrected chi connectivity index (χ4v) is 1.81. The maximum absolute atomic E-state index is 11.7. The van der Waals surface area contributed by atoms with E-state index >= 15 is 0 Å². The summed E-state index contributed by atoms with van der Waals surface area (Å²) in [4.78, 5) is 21.8. The van der Waals surface area contributed by atoms with Gasteiger partial charge >= 0.3 is 0 Å². The highest BCUT2D eigenvalue weighted by Crippen LogP contribution is 2.17. The molecule has 0 fully saturated rings. The van der Waals surface area contributed by atoms with Crippen LogP contribution in [0.25, 0.3) is 0 Å². The smallest absolute Gasteiger partial charge is 0.269 e. The van der Waals surface area contributed by atoms with Crippen LogP contribution in [0.5, 0.6) is 5.75 Å². The number of halogens is 1. The average molecular weight is 321 g/mol. The fourth-order valence-electron chi connectivity index (χ4n) is 1.68. The Morgan fingerprint density at radius 1 is 1.14 bits per heavy atom. The Morgan fingerprint density at radius 2 is 1.77 bits per heavy atom. The van der Waals surface area contributed by atoms with Gasteiger partial charge in [0, 0.05) is 22.8 Å². The molecule has 0 aliphatic heterocycles. The first-order valence-electron chi connectivity index (χ1n) is 6.47. The molecular weight excluding hydrogens is 308 g/mol.